The Bertz CT molecular complexity index is 1010. The lowest BCUT2D eigenvalue weighted by Crippen LogP contribution is -2.44. The maximum absolute atomic E-state index is 12.7. The average Bonchev–Trinajstić information content (AvgIpc) is 3.03. The fourth-order valence-electron chi connectivity index (χ4n) is 4.21. The molecule has 0 radical (unpaired) electrons. The van der Waals surface area contributed by atoms with Crippen molar-refractivity contribution in [1.82, 2.24) is 24.8 Å². The van der Waals surface area contributed by atoms with E-state index in [9.17, 15) is 4.79 Å². The van der Waals surface area contributed by atoms with Gasteiger partial charge in [-0.2, -0.15) is 0 Å². The summed E-state index contributed by atoms with van der Waals surface area (Å²) in [4.78, 5) is 25.0. The molecule has 0 amide bonds. The van der Waals surface area contributed by atoms with Crippen LogP contribution in [0.25, 0.3) is 22.3 Å². The van der Waals surface area contributed by atoms with Crippen LogP contribution in [0.2, 0.25) is 0 Å². The van der Waals surface area contributed by atoms with Crippen LogP contribution in [0.5, 0.6) is 0 Å². The summed E-state index contributed by atoms with van der Waals surface area (Å²) in [6.45, 7) is 4.66. The molecule has 3 aromatic heterocycles. The molecule has 138 valence electrons. The second-order valence-electron chi connectivity index (χ2n) is 6.93. The largest absolute Gasteiger partial charge is 0.358 e. The predicted octanol–water partition coefficient (Wildman–Crippen LogP) is 2.65. The number of aromatic amines is 1. The number of aryl methyl sites for hydroxylation is 1. The van der Waals surface area contributed by atoms with Gasteiger partial charge in [0.15, 0.2) is 0 Å². The van der Waals surface area contributed by atoms with Gasteiger partial charge in [-0.1, -0.05) is 0 Å². The van der Waals surface area contributed by atoms with E-state index in [2.05, 4.69) is 26.3 Å². The number of nitrogens with zero attached hydrogens (tertiary/aromatic N) is 3. The Hall–Kier alpha value is -1.89. The quantitative estimate of drug-likeness (QED) is 0.666. The van der Waals surface area contributed by atoms with E-state index in [1.807, 2.05) is 23.8 Å². The summed E-state index contributed by atoms with van der Waals surface area (Å²) < 4.78 is 1.96. The second-order valence-corrected chi connectivity index (χ2v) is 6.93. The lowest BCUT2D eigenvalue weighted by atomic mass is 9.83. The maximum atomic E-state index is 12.7. The molecule has 0 spiro atoms. The first kappa shape index (κ1) is 18.9. The van der Waals surface area contributed by atoms with Gasteiger partial charge >= 0.3 is 0 Å². The molecule has 1 saturated heterocycles. The Morgan fingerprint density at radius 3 is 2.88 bits per heavy atom. The lowest BCUT2D eigenvalue weighted by molar-refractivity contribution is 0.257. The van der Waals surface area contributed by atoms with Crippen molar-refractivity contribution >= 4 is 35.8 Å². The monoisotopic (exact) mass is 393 g/mol. The van der Waals surface area contributed by atoms with E-state index in [1.54, 1.807) is 6.07 Å². The summed E-state index contributed by atoms with van der Waals surface area (Å²) >= 11 is 0. The molecule has 0 aliphatic carbocycles. The summed E-state index contributed by atoms with van der Waals surface area (Å²) in [5.41, 5.74) is 4.68. The van der Waals surface area contributed by atoms with E-state index in [4.69, 9.17) is 0 Å². The molecule has 3 aromatic rings. The van der Waals surface area contributed by atoms with Crippen LogP contribution >= 0.6 is 24.8 Å². The fraction of sp³-hybridized carbons (Fsp3) is 0.389. The minimum atomic E-state index is 0. The zero-order valence-corrected chi connectivity index (χ0v) is 16.0. The van der Waals surface area contributed by atoms with Gasteiger partial charge in [-0.25, -0.2) is 9.97 Å². The number of rotatable bonds is 1. The van der Waals surface area contributed by atoms with Gasteiger partial charge in [0.05, 0.1) is 16.7 Å². The molecular weight excluding hydrogens is 373 g/mol. The molecule has 2 N–H and O–H groups in total. The molecule has 8 heteroatoms. The van der Waals surface area contributed by atoms with Crippen molar-refractivity contribution in [3.63, 3.8) is 0 Å². The van der Waals surface area contributed by atoms with E-state index in [0.717, 1.165) is 54.0 Å². The van der Waals surface area contributed by atoms with Crippen molar-refractivity contribution in [3.05, 3.63) is 46.3 Å². The number of fused-ring (bicyclic) bond motifs is 5. The first-order chi connectivity index (χ1) is 11.7. The standard InChI is InChI=1S/C18H19N5O.2ClH/c1-10-21-14-2-3-20-18(14)17(22-10)12-5-15-13-4-11(7-19-8-13)9-23(15)16(24)6-12;;/h2-3,5-6,11,13,19-20H,4,7-9H2,1H3;2*1H/t11-,13+;;/m0../s1. The van der Waals surface area contributed by atoms with Gasteiger partial charge in [0, 0.05) is 42.5 Å². The van der Waals surface area contributed by atoms with Crippen molar-refractivity contribution in [1.29, 1.82) is 0 Å². The van der Waals surface area contributed by atoms with Gasteiger partial charge < -0.3 is 14.9 Å². The molecule has 0 unspecified atom stereocenters. The highest BCUT2D eigenvalue weighted by Crippen LogP contribution is 2.34. The summed E-state index contributed by atoms with van der Waals surface area (Å²) in [5.74, 6) is 1.69. The van der Waals surface area contributed by atoms with Gasteiger partial charge in [-0.05, 0) is 37.9 Å². The lowest BCUT2D eigenvalue weighted by Gasteiger charge is -2.37. The van der Waals surface area contributed by atoms with Gasteiger partial charge in [0.1, 0.15) is 5.82 Å². The van der Waals surface area contributed by atoms with Crippen molar-refractivity contribution in [2.45, 2.75) is 25.8 Å². The third-order valence-electron chi connectivity index (χ3n) is 5.25. The van der Waals surface area contributed by atoms with Gasteiger partial charge in [-0.3, -0.25) is 4.79 Å². The number of pyridine rings is 1. The number of nitrogens with one attached hydrogen (secondary N) is 2. The van der Waals surface area contributed by atoms with Crippen LogP contribution in [0.15, 0.2) is 29.2 Å². The summed E-state index contributed by atoms with van der Waals surface area (Å²) in [7, 11) is 0. The Morgan fingerprint density at radius 2 is 2.04 bits per heavy atom. The second kappa shape index (κ2) is 7.02. The highest BCUT2D eigenvalue weighted by Gasteiger charge is 2.31. The molecule has 6 nitrogen and oxygen atoms in total. The normalized spacial score (nSPS) is 20.8. The smallest absolute Gasteiger partial charge is 0.251 e. The summed E-state index contributed by atoms with van der Waals surface area (Å²) in [5, 5.41) is 3.49. The highest BCUT2D eigenvalue weighted by molar-refractivity contribution is 5.89. The van der Waals surface area contributed by atoms with Crippen molar-refractivity contribution in [2.75, 3.05) is 13.1 Å². The molecule has 26 heavy (non-hydrogen) atoms. The summed E-state index contributed by atoms with van der Waals surface area (Å²) in [6, 6.07) is 5.81. The maximum Gasteiger partial charge on any atom is 0.251 e. The fourth-order valence-corrected chi connectivity index (χ4v) is 4.21. The van der Waals surface area contributed by atoms with Crippen molar-refractivity contribution in [3.8, 4) is 11.3 Å². The Labute approximate surface area is 163 Å². The third-order valence-corrected chi connectivity index (χ3v) is 5.25. The molecule has 2 bridgehead atoms. The number of aromatic nitrogens is 4. The van der Waals surface area contributed by atoms with E-state index in [0.29, 0.717) is 17.7 Å². The van der Waals surface area contributed by atoms with Crippen LogP contribution < -0.4 is 10.9 Å². The van der Waals surface area contributed by atoms with E-state index >= 15 is 0 Å². The average molecular weight is 394 g/mol. The summed E-state index contributed by atoms with van der Waals surface area (Å²) in [6.07, 6.45) is 3.03. The van der Waals surface area contributed by atoms with Gasteiger partial charge in [0.2, 0.25) is 0 Å². The zero-order valence-electron chi connectivity index (χ0n) is 14.4. The first-order valence-electron chi connectivity index (χ1n) is 8.46. The molecule has 5 rings (SSSR count). The molecule has 1 fully saturated rings. The van der Waals surface area contributed by atoms with Crippen LogP contribution in [0, 0.1) is 12.8 Å². The Kier molecular flexibility index (Phi) is 5.10. The first-order valence-corrected chi connectivity index (χ1v) is 8.46. The van der Waals surface area contributed by atoms with Crippen molar-refractivity contribution < 1.29 is 0 Å². The Morgan fingerprint density at radius 1 is 1.19 bits per heavy atom. The molecular formula is C18H21Cl2N5O. The van der Waals surface area contributed by atoms with Crippen LogP contribution in [0.3, 0.4) is 0 Å². The van der Waals surface area contributed by atoms with Gasteiger partial charge in [0.25, 0.3) is 5.56 Å². The van der Waals surface area contributed by atoms with Crippen LogP contribution in [0.4, 0.5) is 0 Å². The molecule has 0 saturated carbocycles. The molecule has 2 atom stereocenters. The number of hydrogen-bond acceptors (Lipinski definition) is 4. The number of halogens is 2. The molecule has 2 aliphatic rings. The van der Waals surface area contributed by atoms with Crippen LogP contribution in [-0.2, 0) is 6.54 Å². The van der Waals surface area contributed by atoms with E-state index < -0.39 is 0 Å². The number of hydrogen-bond donors (Lipinski definition) is 2. The molecule has 5 heterocycles. The van der Waals surface area contributed by atoms with E-state index in [1.165, 1.54) is 0 Å². The Balaban J connectivity index is 0.000000980. The molecule has 2 aliphatic heterocycles. The number of H-pyrrole nitrogens is 1. The molecule has 0 aromatic carbocycles. The van der Waals surface area contributed by atoms with Gasteiger partial charge in [-0.15, -0.1) is 24.8 Å². The zero-order chi connectivity index (χ0) is 16.3. The highest BCUT2D eigenvalue weighted by atomic mass is 35.5. The number of piperidine rings is 1. The van der Waals surface area contributed by atoms with Crippen LogP contribution in [-0.4, -0.2) is 32.6 Å². The van der Waals surface area contributed by atoms with Crippen molar-refractivity contribution in [2.24, 2.45) is 5.92 Å². The topological polar surface area (TPSA) is 75.6 Å². The van der Waals surface area contributed by atoms with E-state index in [-0.39, 0.29) is 30.4 Å². The predicted molar refractivity (Wildman–Crippen MR) is 107 cm³/mol. The minimum Gasteiger partial charge on any atom is -0.358 e. The third kappa shape index (κ3) is 2.92. The van der Waals surface area contributed by atoms with Crippen LogP contribution in [0.1, 0.15) is 23.9 Å². The minimum absolute atomic E-state index is 0. The SMILES string of the molecule is Cc1nc(-c2cc3n(c(=O)c2)C[C@@H]2CNC[C@H]3C2)c2[nH]ccc2n1.Cl.Cl.